The highest BCUT2D eigenvalue weighted by Crippen LogP contribution is 2.10. The minimum atomic E-state index is 0.0774. The van der Waals surface area contributed by atoms with Crippen molar-refractivity contribution in [1.29, 1.82) is 0 Å². The lowest BCUT2D eigenvalue weighted by molar-refractivity contribution is -0.122. The van der Waals surface area contributed by atoms with Crippen LogP contribution in [0.3, 0.4) is 0 Å². The number of rotatable bonds is 18. The Kier molecular flexibility index (Phi) is 16.1. The molecule has 0 aromatic heterocycles. The SMILES string of the molecule is CCCCCCCC/C=C\CCCCCCCC(=O)NCOc1ccccc1. The smallest absolute Gasteiger partial charge is 0.222 e. The van der Waals surface area contributed by atoms with E-state index in [0.717, 1.165) is 18.6 Å². The van der Waals surface area contributed by atoms with E-state index in [2.05, 4.69) is 24.4 Å². The number of carbonyl (C=O) groups is 1. The molecule has 0 saturated carbocycles. The van der Waals surface area contributed by atoms with E-state index >= 15 is 0 Å². The van der Waals surface area contributed by atoms with Crippen LogP contribution in [-0.2, 0) is 4.79 Å². The Hall–Kier alpha value is -1.77. The van der Waals surface area contributed by atoms with Crippen LogP contribution >= 0.6 is 0 Å². The number of benzene rings is 1. The second-order valence-corrected chi connectivity index (χ2v) is 7.54. The van der Waals surface area contributed by atoms with Gasteiger partial charge >= 0.3 is 0 Å². The Balaban J connectivity index is 1.81. The number of allylic oxidation sites excluding steroid dienone is 2. The Bertz CT molecular complexity index is 499. The largest absolute Gasteiger partial charge is 0.473 e. The van der Waals surface area contributed by atoms with E-state index in [-0.39, 0.29) is 12.6 Å². The van der Waals surface area contributed by atoms with E-state index in [0.29, 0.717) is 6.42 Å². The molecule has 0 aliphatic carbocycles. The standard InChI is InChI=1S/C25H41NO2/c1-2-3-4-5-6-7-8-9-10-11-12-13-14-15-19-22-25(27)26-23-28-24-20-17-16-18-21-24/h9-10,16-18,20-21H,2-8,11-15,19,22-23H2,1H3,(H,26,27)/b10-9-. The zero-order valence-electron chi connectivity index (χ0n) is 18.0. The highest BCUT2D eigenvalue weighted by molar-refractivity contribution is 5.75. The fourth-order valence-electron chi connectivity index (χ4n) is 3.16. The maximum Gasteiger partial charge on any atom is 0.222 e. The van der Waals surface area contributed by atoms with Gasteiger partial charge in [-0.25, -0.2) is 0 Å². The van der Waals surface area contributed by atoms with Crippen molar-refractivity contribution < 1.29 is 9.53 Å². The molecule has 1 rings (SSSR count). The molecule has 1 aromatic rings. The first-order chi connectivity index (χ1) is 13.8. The molecule has 0 aliphatic heterocycles. The number of ether oxygens (including phenoxy) is 1. The van der Waals surface area contributed by atoms with Crippen LogP contribution in [0.15, 0.2) is 42.5 Å². The van der Waals surface area contributed by atoms with Gasteiger partial charge in [-0.1, -0.05) is 88.6 Å². The van der Waals surface area contributed by atoms with Gasteiger partial charge in [0.15, 0.2) is 6.73 Å². The second kappa shape index (κ2) is 18.6. The Morgan fingerprint density at radius 2 is 1.39 bits per heavy atom. The molecule has 28 heavy (non-hydrogen) atoms. The molecule has 0 spiro atoms. The summed E-state index contributed by atoms with van der Waals surface area (Å²) in [7, 11) is 0. The molecule has 0 heterocycles. The lowest BCUT2D eigenvalue weighted by atomic mass is 10.1. The van der Waals surface area contributed by atoms with Crippen LogP contribution in [0.25, 0.3) is 0 Å². The molecule has 0 fully saturated rings. The predicted molar refractivity (Wildman–Crippen MR) is 120 cm³/mol. The number of nitrogens with one attached hydrogen (secondary N) is 1. The van der Waals surface area contributed by atoms with Gasteiger partial charge in [-0.05, 0) is 44.2 Å². The monoisotopic (exact) mass is 387 g/mol. The van der Waals surface area contributed by atoms with Crippen molar-refractivity contribution in [2.45, 2.75) is 96.8 Å². The van der Waals surface area contributed by atoms with Gasteiger partial charge in [0.2, 0.25) is 5.91 Å². The van der Waals surface area contributed by atoms with Crippen LogP contribution in [-0.4, -0.2) is 12.6 Å². The average Bonchev–Trinajstić information content (AvgIpc) is 2.71. The third kappa shape index (κ3) is 15.3. The van der Waals surface area contributed by atoms with Crippen molar-refractivity contribution in [2.24, 2.45) is 0 Å². The number of amides is 1. The molecule has 1 amide bonds. The molecule has 0 saturated heterocycles. The van der Waals surface area contributed by atoms with Crippen molar-refractivity contribution in [1.82, 2.24) is 5.32 Å². The van der Waals surface area contributed by atoms with Gasteiger partial charge in [0.25, 0.3) is 0 Å². The highest BCUT2D eigenvalue weighted by Gasteiger charge is 2.00. The van der Waals surface area contributed by atoms with E-state index in [1.807, 2.05) is 30.3 Å². The molecule has 1 aromatic carbocycles. The van der Waals surface area contributed by atoms with Crippen LogP contribution in [0.5, 0.6) is 5.75 Å². The summed E-state index contributed by atoms with van der Waals surface area (Å²) in [6.07, 6.45) is 21.9. The maximum atomic E-state index is 11.8. The van der Waals surface area contributed by atoms with Crippen molar-refractivity contribution in [3.8, 4) is 5.75 Å². The van der Waals surface area contributed by atoms with Crippen molar-refractivity contribution in [3.63, 3.8) is 0 Å². The van der Waals surface area contributed by atoms with Crippen LogP contribution < -0.4 is 10.1 Å². The first-order valence-corrected chi connectivity index (χ1v) is 11.4. The molecule has 0 bridgehead atoms. The van der Waals surface area contributed by atoms with Crippen LogP contribution in [0.1, 0.15) is 96.8 Å². The molecule has 0 aliphatic rings. The molecular formula is C25H41NO2. The topological polar surface area (TPSA) is 38.3 Å². The van der Waals surface area contributed by atoms with E-state index in [1.54, 1.807) is 0 Å². The van der Waals surface area contributed by atoms with Crippen molar-refractivity contribution in [2.75, 3.05) is 6.73 Å². The zero-order valence-corrected chi connectivity index (χ0v) is 18.0. The van der Waals surface area contributed by atoms with Gasteiger partial charge < -0.3 is 10.1 Å². The molecule has 1 N–H and O–H groups in total. The first-order valence-electron chi connectivity index (χ1n) is 11.4. The van der Waals surface area contributed by atoms with E-state index in [4.69, 9.17) is 4.74 Å². The summed E-state index contributed by atoms with van der Waals surface area (Å²) in [5.41, 5.74) is 0. The number of carbonyl (C=O) groups excluding carboxylic acids is 1. The van der Waals surface area contributed by atoms with E-state index in [9.17, 15) is 4.79 Å². The summed E-state index contributed by atoms with van der Waals surface area (Å²) in [4.78, 5) is 11.8. The fourth-order valence-corrected chi connectivity index (χ4v) is 3.16. The average molecular weight is 388 g/mol. The first kappa shape index (κ1) is 24.3. The van der Waals surface area contributed by atoms with Crippen LogP contribution in [0.4, 0.5) is 0 Å². The molecular weight excluding hydrogens is 346 g/mol. The number of hydrogen-bond donors (Lipinski definition) is 1. The minimum absolute atomic E-state index is 0.0774. The van der Waals surface area contributed by atoms with Gasteiger partial charge in [0.05, 0.1) is 0 Å². The third-order valence-electron chi connectivity index (χ3n) is 4.92. The predicted octanol–water partition coefficient (Wildman–Crippen LogP) is 7.18. The fraction of sp³-hybridized carbons (Fsp3) is 0.640. The molecule has 0 atom stereocenters. The van der Waals surface area contributed by atoms with E-state index < -0.39 is 0 Å². The summed E-state index contributed by atoms with van der Waals surface area (Å²) in [5.74, 6) is 0.859. The lowest BCUT2D eigenvalue weighted by Crippen LogP contribution is -2.27. The number of para-hydroxylation sites is 1. The molecule has 3 nitrogen and oxygen atoms in total. The van der Waals surface area contributed by atoms with Crippen LogP contribution in [0, 0.1) is 0 Å². The normalized spacial score (nSPS) is 11.0. The number of hydrogen-bond acceptors (Lipinski definition) is 2. The van der Waals surface area contributed by atoms with Gasteiger partial charge in [-0.3, -0.25) is 4.79 Å². The van der Waals surface area contributed by atoms with Gasteiger partial charge in [0, 0.05) is 6.42 Å². The van der Waals surface area contributed by atoms with Crippen LogP contribution in [0.2, 0.25) is 0 Å². The molecule has 0 unspecified atom stereocenters. The Labute approximate surface area is 173 Å². The van der Waals surface area contributed by atoms with Gasteiger partial charge in [-0.2, -0.15) is 0 Å². The zero-order chi connectivity index (χ0) is 20.1. The van der Waals surface area contributed by atoms with Gasteiger partial charge in [-0.15, -0.1) is 0 Å². The summed E-state index contributed by atoms with van der Waals surface area (Å²) in [5, 5.41) is 2.81. The summed E-state index contributed by atoms with van der Waals surface area (Å²) in [6.45, 7) is 2.51. The summed E-state index contributed by atoms with van der Waals surface area (Å²) in [6, 6.07) is 9.55. The third-order valence-corrected chi connectivity index (χ3v) is 4.92. The summed E-state index contributed by atoms with van der Waals surface area (Å²) >= 11 is 0. The van der Waals surface area contributed by atoms with Crippen molar-refractivity contribution in [3.05, 3.63) is 42.5 Å². The minimum Gasteiger partial charge on any atom is -0.473 e. The number of unbranched alkanes of at least 4 members (excludes halogenated alkanes) is 11. The quantitative estimate of drug-likeness (QED) is 0.165. The molecule has 3 heteroatoms. The van der Waals surface area contributed by atoms with Gasteiger partial charge in [0.1, 0.15) is 5.75 Å². The molecule has 158 valence electrons. The second-order valence-electron chi connectivity index (χ2n) is 7.54. The maximum absolute atomic E-state index is 11.8. The van der Waals surface area contributed by atoms with Crippen molar-refractivity contribution >= 4 is 5.91 Å². The summed E-state index contributed by atoms with van der Waals surface area (Å²) < 4.78 is 5.47. The highest BCUT2D eigenvalue weighted by atomic mass is 16.5. The molecule has 0 radical (unpaired) electrons. The Morgan fingerprint density at radius 1 is 0.821 bits per heavy atom. The lowest BCUT2D eigenvalue weighted by Gasteiger charge is -2.07. The Morgan fingerprint density at radius 3 is 2.04 bits per heavy atom. The van der Waals surface area contributed by atoms with E-state index in [1.165, 1.54) is 70.6 Å².